The van der Waals surface area contributed by atoms with E-state index in [1.807, 2.05) is 47.5 Å². The number of aromatic nitrogens is 12. The van der Waals surface area contributed by atoms with Crippen LogP contribution in [0.4, 0.5) is 26.3 Å². The van der Waals surface area contributed by atoms with Crippen LogP contribution in [0.2, 0.25) is 0 Å². The van der Waals surface area contributed by atoms with E-state index in [9.17, 15) is 26.3 Å². The van der Waals surface area contributed by atoms with Crippen LogP contribution in [0.1, 0.15) is 57.4 Å². The van der Waals surface area contributed by atoms with Crippen LogP contribution in [0.3, 0.4) is 0 Å². The van der Waals surface area contributed by atoms with Gasteiger partial charge in [-0.3, -0.25) is 0 Å². The van der Waals surface area contributed by atoms with Gasteiger partial charge in [0.15, 0.2) is 11.6 Å². The van der Waals surface area contributed by atoms with Gasteiger partial charge in [-0.1, -0.05) is 24.3 Å². The number of methoxy groups -OCH3 is 2. The molecule has 0 spiro atoms. The minimum absolute atomic E-state index is 0.377. The molecule has 0 unspecified atom stereocenters. The Bertz CT molecular complexity index is 2790. The molecule has 0 radical (unpaired) electrons. The predicted octanol–water partition coefficient (Wildman–Crippen LogP) is 7.11. The van der Waals surface area contributed by atoms with Crippen molar-refractivity contribution in [2.45, 2.75) is 51.4 Å². The number of alkyl halides is 6. The fourth-order valence-corrected chi connectivity index (χ4v) is 7.67. The molecule has 0 bridgehead atoms. The molecule has 22 heteroatoms. The van der Waals surface area contributed by atoms with Gasteiger partial charge in [-0.05, 0) is 73.5 Å². The van der Waals surface area contributed by atoms with Crippen molar-refractivity contribution < 1.29 is 35.8 Å². The van der Waals surface area contributed by atoms with Crippen molar-refractivity contribution in [2.24, 2.45) is 0 Å². The van der Waals surface area contributed by atoms with Crippen LogP contribution >= 0.6 is 0 Å². The fourth-order valence-electron chi connectivity index (χ4n) is 7.67. The maximum Gasteiger partial charge on any atom is 0.416 e. The summed E-state index contributed by atoms with van der Waals surface area (Å²) >= 11 is 0. The minimum Gasteiger partial charge on any atom is -0.479 e. The summed E-state index contributed by atoms with van der Waals surface area (Å²) in [6.45, 7) is 6.18. The number of aryl methyl sites for hydroxylation is 2. The maximum absolute atomic E-state index is 12.9. The van der Waals surface area contributed by atoms with Crippen molar-refractivity contribution >= 4 is 0 Å². The zero-order chi connectivity index (χ0) is 46.3. The fraction of sp³-hybridized carbons (Fsp3) is 0.273. The van der Waals surface area contributed by atoms with Gasteiger partial charge >= 0.3 is 12.4 Å². The predicted molar refractivity (Wildman–Crippen MR) is 226 cm³/mol. The zero-order valence-corrected chi connectivity index (χ0v) is 35.7. The zero-order valence-electron chi connectivity index (χ0n) is 35.7. The van der Waals surface area contributed by atoms with Gasteiger partial charge in [-0.25, -0.2) is 39.3 Å². The van der Waals surface area contributed by atoms with Crippen LogP contribution in [0.25, 0.3) is 34.4 Å². The number of ether oxygens (including phenoxy) is 2. The van der Waals surface area contributed by atoms with Crippen LogP contribution in [0.15, 0.2) is 97.8 Å². The first-order valence-corrected chi connectivity index (χ1v) is 20.5. The Labute approximate surface area is 372 Å². The van der Waals surface area contributed by atoms with Gasteiger partial charge in [-0.15, -0.1) is 10.2 Å². The topological polar surface area (TPSA) is 165 Å². The number of benzene rings is 2. The average molecular weight is 911 g/mol. The summed E-state index contributed by atoms with van der Waals surface area (Å²) in [7, 11) is 3.07. The Hall–Kier alpha value is -7.46. The average Bonchev–Trinajstić information content (AvgIpc) is 4.15. The number of nitrogens with zero attached hydrogens (tertiary/aromatic N) is 12. The van der Waals surface area contributed by atoms with E-state index in [0.29, 0.717) is 83.8 Å². The summed E-state index contributed by atoms with van der Waals surface area (Å²) in [6.07, 6.45) is -1.65. The van der Waals surface area contributed by atoms with E-state index in [0.717, 1.165) is 47.0 Å². The van der Waals surface area contributed by atoms with Crippen LogP contribution < -0.4 is 20.1 Å². The van der Waals surface area contributed by atoms with Crippen LogP contribution in [-0.2, 0) is 25.4 Å². The van der Waals surface area contributed by atoms with E-state index in [4.69, 9.17) is 9.47 Å². The summed E-state index contributed by atoms with van der Waals surface area (Å²) in [6, 6.07) is 16.7. The summed E-state index contributed by atoms with van der Waals surface area (Å²) < 4.78 is 95.7. The Kier molecular flexibility index (Phi) is 11.6. The molecule has 2 aromatic carbocycles. The lowest BCUT2D eigenvalue weighted by Crippen LogP contribution is -2.34. The second-order valence-corrected chi connectivity index (χ2v) is 15.3. The molecule has 10 rings (SSSR count). The normalized spacial score (nSPS) is 16.0. The number of halogens is 6. The SMILES string of the molecule is COc1nc(-c2nc3n(n2)CCN[C@@H]3c2ccc(C(F)(F)F)cc2)ccc1-n1cnc(C)c1.COc1nc(-c2nc3n(n2)CCN[C@H]3c2ccc(C(F)(F)F)cc2)ccc1-n1cnc(C)c1. The number of fused-ring (bicyclic) bond motifs is 2. The summed E-state index contributed by atoms with van der Waals surface area (Å²) in [4.78, 5) is 26.9. The molecule has 2 aliphatic heterocycles. The maximum atomic E-state index is 12.9. The van der Waals surface area contributed by atoms with Gasteiger partial charge in [0.1, 0.15) is 34.4 Å². The van der Waals surface area contributed by atoms with E-state index in [1.165, 1.54) is 38.5 Å². The second kappa shape index (κ2) is 17.5. The molecule has 16 nitrogen and oxygen atoms in total. The lowest BCUT2D eigenvalue weighted by molar-refractivity contribution is -0.138. The number of hydrogen-bond acceptors (Lipinski definition) is 12. The Morgan fingerprint density at radius 3 is 1.27 bits per heavy atom. The molecule has 0 saturated carbocycles. The number of rotatable bonds is 8. The Balaban J connectivity index is 0.000000166. The molecule has 66 heavy (non-hydrogen) atoms. The first-order chi connectivity index (χ1) is 31.7. The number of pyridine rings is 2. The molecule has 6 aromatic heterocycles. The van der Waals surface area contributed by atoms with E-state index in [-0.39, 0.29) is 12.1 Å². The van der Waals surface area contributed by atoms with Gasteiger partial charge in [0.2, 0.25) is 11.8 Å². The molecule has 2 N–H and O–H groups in total. The monoisotopic (exact) mass is 910 g/mol. The summed E-state index contributed by atoms with van der Waals surface area (Å²) in [5, 5.41) is 15.8. The smallest absolute Gasteiger partial charge is 0.416 e. The standard InChI is InChI=1S/2C22H20F3N7O/c2*1-13-11-31(12-27-13)17-8-7-16(28-21(17)33-2)19-29-20-18(26-9-10-32(20)30-19)14-3-5-15(6-4-14)22(23,24)25/h2*3-8,11-12,18,26H,9-10H2,1-2H3/t2*18-/m10/s1. The van der Waals surface area contributed by atoms with E-state index >= 15 is 0 Å². The van der Waals surface area contributed by atoms with E-state index < -0.39 is 23.5 Å². The molecule has 340 valence electrons. The molecule has 8 heterocycles. The van der Waals surface area contributed by atoms with Crippen molar-refractivity contribution in [3.8, 4) is 46.2 Å². The molecule has 0 saturated heterocycles. The summed E-state index contributed by atoms with van der Waals surface area (Å²) in [5.74, 6) is 2.86. The highest BCUT2D eigenvalue weighted by molar-refractivity contribution is 5.57. The highest BCUT2D eigenvalue weighted by Gasteiger charge is 2.33. The minimum atomic E-state index is -4.38. The van der Waals surface area contributed by atoms with E-state index in [1.54, 1.807) is 34.2 Å². The third-order valence-corrected chi connectivity index (χ3v) is 10.9. The number of hydrogen-bond donors (Lipinski definition) is 2. The first-order valence-electron chi connectivity index (χ1n) is 20.5. The molecule has 0 fully saturated rings. The first kappa shape index (κ1) is 43.8. The van der Waals surface area contributed by atoms with Gasteiger partial charge < -0.3 is 29.2 Å². The Morgan fingerprint density at radius 1 is 0.545 bits per heavy atom. The van der Waals surface area contributed by atoms with Crippen molar-refractivity contribution in [1.82, 2.24) is 69.2 Å². The van der Waals surface area contributed by atoms with Crippen LogP contribution in [-0.4, -0.2) is 85.9 Å². The number of imidazole rings is 2. The third kappa shape index (κ3) is 8.83. The molecule has 8 aromatic rings. The molecule has 0 amide bonds. The highest BCUT2D eigenvalue weighted by atomic mass is 19.4. The van der Waals surface area contributed by atoms with Gasteiger partial charge in [-0.2, -0.15) is 26.3 Å². The van der Waals surface area contributed by atoms with Gasteiger partial charge in [0.05, 0.1) is 74.6 Å². The van der Waals surface area contributed by atoms with Gasteiger partial charge in [0.25, 0.3) is 0 Å². The van der Waals surface area contributed by atoms with Crippen molar-refractivity contribution in [3.63, 3.8) is 0 Å². The van der Waals surface area contributed by atoms with Crippen molar-refractivity contribution in [3.05, 3.63) is 143 Å². The highest BCUT2D eigenvalue weighted by Crippen LogP contribution is 2.35. The van der Waals surface area contributed by atoms with Crippen LogP contribution in [0.5, 0.6) is 11.8 Å². The molecular formula is C44H40F6N14O2. The van der Waals surface area contributed by atoms with Crippen LogP contribution in [0, 0.1) is 13.8 Å². The summed E-state index contributed by atoms with van der Waals surface area (Å²) in [5.41, 5.74) is 4.24. The quantitative estimate of drug-likeness (QED) is 0.149. The van der Waals surface area contributed by atoms with Crippen molar-refractivity contribution in [2.75, 3.05) is 27.3 Å². The third-order valence-electron chi connectivity index (χ3n) is 10.9. The molecule has 0 aliphatic carbocycles. The number of nitrogens with one attached hydrogen (secondary N) is 2. The van der Waals surface area contributed by atoms with Crippen molar-refractivity contribution in [1.29, 1.82) is 0 Å². The molecular weight excluding hydrogens is 871 g/mol. The van der Waals surface area contributed by atoms with E-state index in [2.05, 4.69) is 50.7 Å². The molecule has 2 atom stereocenters. The lowest BCUT2D eigenvalue weighted by Gasteiger charge is -2.24. The largest absolute Gasteiger partial charge is 0.479 e. The Morgan fingerprint density at radius 2 is 0.939 bits per heavy atom. The molecule has 2 aliphatic rings. The van der Waals surface area contributed by atoms with Gasteiger partial charge in [0, 0.05) is 25.5 Å². The second-order valence-electron chi connectivity index (χ2n) is 15.3. The lowest BCUT2D eigenvalue weighted by atomic mass is 10.0.